The van der Waals surface area contributed by atoms with Gasteiger partial charge in [-0.3, -0.25) is 0 Å². The van der Waals surface area contributed by atoms with Crippen molar-refractivity contribution in [2.24, 2.45) is 10.2 Å². The highest BCUT2D eigenvalue weighted by Crippen LogP contribution is 2.19. The Balaban J connectivity index is 0.000000201. The summed E-state index contributed by atoms with van der Waals surface area (Å²) in [6.45, 7) is 4.98. The van der Waals surface area contributed by atoms with Gasteiger partial charge in [0.25, 0.3) is 0 Å². The number of phenolic OH excluding ortho intramolecular Hbond substituents is 1. The Morgan fingerprint density at radius 1 is 0.811 bits per heavy atom. The van der Waals surface area contributed by atoms with Gasteiger partial charge in [0.1, 0.15) is 5.75 Å². The van der Waals surface area contributed by atoms with Crippen LogP contribution in [0.2, 0.25) is 0 Å². The van der Waals surface area contributed by atoms with Gasteiger partial charge >= 0.3 is 18.1 Å². The van der Waals surface area contributed by atoms with Crippen LogP contribution in [0.3, 0.4) is 0 Å². The largest absolute Gasteiger partial charge is 0.508 e. The number of hydrogen-bond donors (Lipinski definition) is 3. The van der Waals surface area contributed by atoms with Gasteiger partial charge < -0.3 is 15.7 Å². The zero-order valence-corrected chi connectivity index (χ0v) is 21.1. The average molecular weight is 504 g/mol. The number of nitrogens with one attached hydrogen (secondary N) is 2. The van der Waals surface area contributed by atoms with Crippen LogP contribution in [0.25, 0.3) is 0 Å². The number of unbranched alkanes of at least 4 members (excludes halogenated alkanes) is 2. The third-order valence-corrected chi connectivity index (χ3v) is 5.06. The third-order valence-electron chi connectivity index (χ3n) is 5.06. The lowest BCUT2D eigenvalue weighted by Crippen LogP contribution is -2.29. The molecule has 9 heteroatoms. The molecule has 3 aromatic rings. The number of urea groups is 3. The predicted molar refractivity (Wildman–Crippen MR) is 145 cm³/mol. The van der Waals surface area contributed by atoms with Gasteiger partial charge in [-0.2, -0.15) is 0 Å². The van der Waals surface area contributed by atoms with E-state index in [1.165, 1.54) is 12.0 Å². The van der Waals surface area contributed by atoms with E-state index in [0.29, 0.717) is 11.4 Å². The van der Waals surface area contributed by atoms with Crippen molar-refractivity contribution in [2.75, 3.05) is 16.8 Å². The Labute approximate surface area is 217 Å². The van der Waals surface area contributed by atoms with Crippen molar-refractivity contribution in [1.29, 1.82) is 0 Å². The monoisotopic (exact) mass is 503 g/mol. The molecule has 1 aliphatic heterocycles. The first-order valence-electron chi connectivity index (χ1n) is 12.2. The quantitative estimate of drug-likeness (QED) is 0.296. The van der Waals surface area contributed by atoms with Crippen LogP contribution in [-0.2, 0) is 6.42 Å². The first kappa shape index (κ1) is 28.7. The fraction of sp³-hybridized carbons (Fsp3) is 0.250. The molecule has 9 nitrogen and oxygen atoms in total. The van der Waals surface area contributed by atoms with E-state index in [1.807, 2.05) is 42.5 Å². The zero-order chi connectivity index (χ0) is 26.9. The molecular weight excluding hydrogens is 470 g/mol. The van der Waals surface area contributed by atoms with Gasteiger partial charge in [-0.05, 0) is 54.8 Å². The number of benzene rings is 3. The lowest BCUT2D eigenvalue weighted by atomic mass is 10.2. The summed E-state index contributed by atoms with van der Waals surface area (Å²) in [6.07, 6.45) is 4.40. The van der Waals surface area contributed by atoms with Crippen LogP contribution in [0.15, 0.2) is 95.2 Å². The second-order valence-corrected chi connectivity index (χ2v) is 7.91. The van der Waals surface area contributed by atoms with Crippen LogP contribution < -0.4 is 15.5 Å². The number of rotatable bonds is 7. The minimum absolute atomic E-state index is 0.127. The van der Waals surface area contributed by atoms with Crippen molar-refractivity contribution in [3.05, 3.63) is 90.5 Å². The van der Waals surface area contributed by atoms with Gasteiger partial charge in [-0.15, -0.1) is 0 Å². The number of aryl methyl sites for hydroxylation is 1. The first-order chi connectivity index (χ1) is 17.9. The van der Waals surface area contributed by atoms with E-state index in [9.17, 15) is 14.4 Å². The number of amides is 6. The number of aromatic hydroxyl groups is 1. The molecule has 0 bridgehead atoms. The molecule has 194 valence electrons. The highest BCUT2D eigenvalue weighted by molar-refractivity contribution is 6.17. The van der Waals surface area contributed by atoms with E-state index in [1.54, 1.807) is 42.5 Å². The standard InChI is InChI=1S/C12H18N2O.C8H5N3O2.C8H10O/c1-2-3-7-10-13-12(15)14-11-8-5-4-6-9-11;12-7-9-10-8(13)11(7)6-4-2-1-3-5-6;1-2-7-3-5-8(9)6-4-7/h4-6,8-9H,2-3,7,10H2,1H3,(H2,13,14,15);1-5H;3-6,9H,2H2,1H3. The van der Waals surface area contributed by atoms with Crippen LogP contribution in [0.4, 0.5) is 25.8 Å². The molecule has 4 rings (SSSR count). The Kier molecular flexibility index (Phi) is 12.6. The molecule has 0 aromatic heterocycles. The second kappa shape index (κ2) is 16.2. The lowest BCUT2D eigenvalue weighted by molar-refractivity contribution is 0.248. The molecule has 3 N–H and O–H groups in total. The number of imide groups is 1. The number of anilines is 2. The molecule has 3 aromatic carbocycles. The Morgan fingerprint density at radius 2 is 1.38 bits per heavy atom. The van der Waals surface area contributed by atoms with Gasteiger partial charge in [0, 0.05) is 12.2 Å². The van der Waals surface area contributed by atoms with Crippen LogP contribution >= 0.6 is 0 Å². The van der Waals surface area contributed by atoms with Crippen LogP contribution in [0.5, 0.6) is 5.75 Å². The molecule has 0 aliphatic carbocycles. The number of carbonyl (C=O) groups excluding carboxylic acids is 3. The maximum Gasteiger partial charge on any atom is 0.375 e. The van der Waals surface area contributed by atoms with Crippen molar-refractivity contribution >= 4 is 29.5 Å². The van der Waals surface area contributed by atoms with E-state index >= 15 is 0 Å². The zero-order valence-electron chi connectivity index (χ0n) is 21.1. The summed E-state index contributed by atoms with van der Waals surface area (Å²) in [6, 6.07) is 23.8. The summed E-state index contributed by atoms with van der Waals surface area (Å²) < 4.78 is 0. The predicted octanol–water partition coefficient (Wildman–Crippen LogP) is 7.15. The SMILES string of the molecule is CCCCCNC(=O)Nc1ccccc1.CCc1ccc(O)cc1.O=C1N=NC(=O)N1c1ccccc1. The van der Waals surface area contributed by atoms with Gasteiger partial charge in [0.05, 0.1) is 5.69 Å². The smallest absolute Gasteiger partial charge is 0.375 e. The van der Waals surface area contributed by atoms with Gasteiger partial charge in [0.15, 0.2) is 0 Å². The van der Waals surface area contributed by atoms with Crippen LogP contribution in [-0.4, -0.2) is 29.7 Å². The fourth-order valence-corrected chi connectivity index (χ4v) is 3.06. The van der Waals surface area contributed by atoms with E-state index in [2.05, 4.69) is 34.7 Å². The molecule has 1 heterocycles. The Hall–Kier alpha value is -4.53. The summed E-state index contributed by atoms with van der Waals surface area (Å²) in [5, 5.41) is 20.7. The summed E-state index contributed by atoms with van der Waals surface area (Å²) >= 11 is 0. The number of hydrogen-bond acceptors (Lipinski definition) is 4. The van der Waals surface area contributed by atoms with Gasteiger partial charge in [-0.25, -0.2) is 19.3 Å². The minimum atomic E-state index is -0.642. The van der Waals surface area contributed by atoms with E-state index in [4.69, 9.17) is 5.11 Å². The molecule has 37 heavy (non-hydrogen) atoms. The molecule has 0 unspecified atom stereocenters. The van der Waals surface area contributed by atoms with E-state index in [0.717, 1.165) is 36.4 Å². The Morgan fingerprint density at radius 3 is 1.92 bits per heavy atom. The normalized spacial score (nSPS) is 11.7. The van der Waals surface area contributed by atoms with Crippen molar-refractivity contribution in [2.45, 2.75) is 39.5 Å². The second-order valence-electron chi connectivity index (χ2n) is 7.91. The number of para-hydroxylation sites is 2. The van der Waals surface area contributed by atoms with E-state index in [-0.39, 0.29) is 6.03 Å². The molecule has 0 spiro atoms. The van der Waals surface area contributed by atoms with Gasteiger partial charge in [0.2, 0.25) is 0 Å². The maximum atomic E-state index is 11.4. The summed E-state index contributed by atoms with van der Waals surface area (Å²) in [7, 11) is 0. The highest BCUT2D eigenvalue weighted by atomic mass is 16.3. The number of phenols is 1. The topological polar surface area (TPSA) is 123 Å². The fourth-order valence-electron chi connectivity index (χ4n) is 3.06. The molecule has 1 aliphatic rings. The van der Waals surface area contributed by atoms with Gasteiger partial charge in [-0.1, -0.05) is 85.4 Å². The number of azo groups is 1. The molecular formula is C28H33N5O4. The summed E-state index contributed by atoms with van der Waals surface area (Å²) in [5.41, 5.74) is 2.57. The number of carbonyl (C=O) groups is 3. The van der Waals surface area contributed by atoms with E-state index < -0.39 is 12.1 Å². The summed E-state index contributed by atoms with van der Waals surface area (Å²) in [5.74, 6) is 0.340. The Bertz CT molecular complexity index is 1120. The molecule has 0 saturated heterocycles. The van der Waals surface area contributed by atoms with Crippen molar-refractivity contribution < 1.29 is 19.5 Å². The van der Waals surface area contributed by atoms with Crippen molar-refractivity contribution in [3.8, 4) is 5.75 Å². The number of nitrogens with zero attached hydrogens (tertiary/aromatic N) is 3. The van der Waals surface area contributed by atoms with Crippen LogP contribution in [0, 0.1) is 0 Å². The molecule has 6 amide bonds. The maximum absolute atomic E-state index is 11.4. The van der Waals surface area contributed by atoms with Crippen molar-refractivity contribution in [3.63, 3.8) is 0 Å². The first-order valence-corrected chi connectivity index (χ1v) is 12.2. The average Bonchev–Trinajstić information content (AvgIpc) is 3.26. The molecule has 0 fully saturated rings. The lowest BCUT2D eigenvalue weighted by Gasteiger charge is -2.08. The minimum Gasteiger partial charge on any atom is -0.508 e. The van der Waals surface area contributed by atoms with Crippen molar-refractivity contribution in [1.82, 2.24) is 5.32 Å². The third kappa shape index (κ3) is 10.7. The molecule has 0 saturated carbocycles. The molecule has 0 radical (unpaired) electrons. The van der Waals surface area contributed by atoms with Crippen LogP contribution in [0.1, 0.15) is 38.7 Å². The highest BCUT2D eigenvalue weighted by Gasteiger charge is 2.28. The summed E-state index contributed by atoms with van der Waals surface area (Å²) in [4.78, 5) is 34.3. The molecule has 0 atom stereocenters.